The maximum Gasteiger partial charge on any atom is 0.224 e. The molecule has 0 aliphatic heterocycles. The van der Waals surface area contributed by atoms with Crippen molar-refractivity contribution in [2.24, 2.45) is 0 Å². The SMILES string of the molecule is O=C(Cc1ccc2c(c1OCc1ccccc1)C(=O)c1ccccc1C2=O)NCCOCCOCCCCCCCl. The highest BCUT2D eigenvalue weighted by molar-refractivity contribution is 6.29. The van der Waals surface area contributed by atoms with Crippen molar-refractivity contribution in [2.75, 3.05) is 38.9 Å². The lowest BCUT2D eigenvalue weighted by Crippen LogP contribution is -2.29. The summed E-state index contributed by atoms with van der Waals surface area (Å²) in [7, 11) is 0. The normalized spacial score (nSPS) is 12.1. The summed E-state index contributed by atoms with van der Waals surface area (Å²) in [4.78, 5) is 39.6. The fraction of sp³-hybridized carbons (Fsp3) is 0.364. The first kappa shape index (κ1) is 30.4. The van der Waals surface area contributed by atoms with E-state index in [0.717, 1.165) is 31.2 Å². The van der Waals surface area contributed by atoms with E-state index in [9.17, 15) is 14.4 Å². The Morgan fingerprint density at radius 1 is 0.707 bits per heavy atom. The van der Waals surface area contributed by atoms with Crippen LogP contribution < -0.4 is 10.1 Å². The Bertz CT molecular complexity index is 1330. The van der Waals surface area contributed by atoms with Gasteiger partial charge in [0.05, 0.1) is 31.8 Å². The number of rotatable bonds is 17. The summed E-state index contributed by atoms with van der Waals surface area (Å²) in [6.45, 7) is 2.56. The number of alkyl halides is 1. The summed E-state index contributed by atoms with van der Waals surface area (Å²) in [5.41, 5.74) is 2.64. The molecule has 41 heavy (non-hydrogen) atoms. The maximum atomic E-state index is 13.6. The van der Waals surface area contributed by atoms with Gasteiger partial charge in [0.1, 0.15) is 12.4 Å². The topological polar surface area (TPSA) is 90.9 Å². The van der Waals surface area contributed by atoms with Crippen molar-refractivity contribution >= 4 is 29.1 Å². The average Bonchev–Trinajstić information content (AvgIpc) is 3.00. The molecule has 0 bridgehead atoms. The number of hydrogen-bond acceptors (Lipinski definition) is 6. The van der Waals surface area contributed by atoms with Crippen molar-refractivity contribution in [3.05, 3.63) is 100 Å². The van der Waals surface area contributed by atoms with Gasteiger partial charge in [0.15, 0.2) is 11.6 Å². The van der Waals surface area contributed by atoms with Crippen molar-refractivity contribution in [3.63, 3.8) is 0 Å². The molecule has 0 spiro atoms. The number of ketones is 2. The number of halogens is 1. The summed E-state index contributed by atoms with van der Waals surface area (Å²) in [5, 5.41) is 2.86. The fourth-order valence-corrected chi connectivity index (χ4v) is 4.89. The lowest BCUT2D eigenvalue weighted by atomic mass is 9.82. The number of carbonyl (C=O) groups is 3. The van der Waals surface area contributed by atoms with E-state index >= 15 is 0 Å². The molecular formula is C33H36ClNO6. The van der Waals surface area contributed by atoms with Crippen LogP contribution in [-0.2, 0) is 27.3 Å². The van der Waals surface area contributed by atoms with E-state index in [2.05, 4.69) is 5.32 Å². The number of hydrogen-bond donors (Lipinski definition) is 1. The quantitative estimate of drug-likeness (QED) is 0.131. The van der Waals surface area contributed by atoms with Gasteiger partial charge in [-0.05, 0) is 24.5 Å². The van der Waals surface area contributed by atoms with Crippen LogP contribution >= 0.6 is 11.6 Å². The number of ether oxygens (including phenoxy) is 3. The summed E-state index contributed by atoms with van der Waals surface area (Å²) in [5.74, 6) is 0.221. The van der Waals surface area contributed by atoms with Crippen LogP contribution in [0.2, 0.25) is 0 Å². The predicted molar refractivity (Wildman–Crippen MR) is 158 cm³/mol. The third-order valence-corrected chi connectivity index (χ3v) is 7.08. The van der Waals surface area contributed by atoms with Crippen molar-refractivity contribution in [3.8, 4) is 5.75 Å². The van der Waals surface area contributed by atoms with E-state index in [1.165, 1.54) is 0 Å². The number of nitrogens with one attached hydrogen (secondary N) is 1. The molecule has 0 radical (unpaired) electrons. The Kier molecular flexibility index (Phi) is 11.9. The minimum atomic E-state index is -0.286. The van der Waals surface area contributed by atoms with E-state index in [1.807, 2.05) is 30.3 Å². The van der Waals surface area contributed by atoms with Gasteiger partial charge in [-0.25, -0.2) is 0 Å². The van der Waals surface area contributed by atoms with Gasteiger partial charge >= 0.3 is 0 Å². The third kappa shape index (κ3) is 8.49. The number of fused-ring (bicyclic) bond motifs is 2. The first-order valence-corrected chi connectivity index (χ1v) is 14.6. The molecule has 3 aromatic rings. The van der Waals surface area contributed by atoms with Gasteiger partial charge in [-0.1, -0.05) is 73.5 Å². The van der Waals surface area contributed by atoms with E-state index in [1.54, 1.807) is 36.4 Å². The summed E-state index contributed by atoms with van der Waals surface area (Å²) in [6.07, 6.45) is 4.28. The zero-order chi connectivity index (χ0) is 28.9. The molecule has 1 aliphatic carbocycles. The molecular weight excluding hydrogens is 542 g/mol. The lowest BCUT2D eigenvalue weighted by Gasteiger charge is -2.22. The van der Waals surface area contributed by atoms with Crippen LogP contribution in [0.25, 0.3) is 0 Å². The molecule has 0 fully saturated rings. The summed E-state index contributed by atoms with van der Waals surface area (Å²) >= 11 is 5.67. The fourth-order valence-electron chi connectivity index (χ4n) is 4.71. The van der Waals surface area contributed by atoms with Gasteiger partial charge in [0.2, 0.25) is 5.91 Å². The molecule has 0 saturated heterocycles. The number of unbranched alkanes of at least 4 members (excludes halogenated alkanes) is 3. The number of amides is 1. The molecule has 4 rings (SSSR count). The number of benzene rings is 3. The van der Waals surface area contributed by atoms with Gasteiger partial charge in [0, 0.05) is 41.3 Å². The molecule has 0 unspecified atom stereocenters. The molecule has 7 nitrogen and oxygen atoms in total. The largest absolute Gasteiger partial charge is 0.488 e. The molecule has 216 valence electrons. The van der Waals surface area contributed by atoms with Gasteiger partial charge in [-0.2, -0.15) is 0 Å². The van der Waals surface area contributed by atoms with E-state index in [-0.39, 0.29) is 47.4 Å². The van der Waals surface area contributed by atoms with Crippen LogP contribution in [0.3, 0.4) is 0 Å². The number of carbonyl (C=O) groups excluding carboxylic acids is 3. The molecule has 8 heteroatoms. The Morgan fingerprint density at radius 3 is 2.15 bits per heavy atom. The van der Waals surface area contributed by atoms with Crippen LogP contribution in [-0.4, -0.2) is 56.3 Å². The van der Waals surface area contributed by atoms with Gasteiger partial charge in [0.25, 0.3) is 0 Å². The Labute approximate surface area is 246 Å². The lowest BCUT2D eigenvalue weighted by molar-refractivity contribution is -0.120. The van der Waals surface area contributed by atoms with Gasteiger partial charge in [-0.3, -0.25) is 14.4 Å². The highest BCUT2D eigenvalue weighted by Gasteiger charge is 2.33. The first-order chi connectivity index (χ1) is 20.1. The van der Waals surface area contributed by atoms with E-state index in [0.29, 0.717) is 55.5 Å². The second kappa shape index (κ2) is 16.1. The molecule has 0 aromatic heterocycles. The summed E-state index contributed by atoms with van der Waals surface area (Å²) in [6, 6.07) is 19.6. The summed E-state index contributed by atoms with van der Waals surface area (Å²) < 4.78 is 17.3. The smallest absolute Gasteiger partial charge is 0.224 e. The van der Waals surface area contributed by atoms with E-state index in [4.69, 9.17) is 25.8 Å². The van der Waals surface area contributed by atoms with E-state index < -0.39 is 0 Å². The van der Waals surface area contributed by atoms with Crippen LogP contribution in [0.1, 0.15) is 68.7 Å². The first-order valence-electron chi connectivity index (χ1n) is 14.1. The van der Waals surface area contributed by atoms with Crippen molar-refractivity contribution < 1.29 is 28.6 Å². The zero-order valence-corrected chi connectivity index (χ0v) is 23.9. The van der Waals surface area contributed by atoms with Gasteiger partial charge in [-0.15, -0.1) is 11.6 Å². The minimum Gasteiger partial charge on any atom is -0.488 e. The van der Waals surface area contributed by atoms with Crippen molar-refractivity contribution in [1.29, 1.82) is 0 Å². The molecule has 1 amide bonds. The van der Waals surface area contributed by atoms with Crippen LogP contribution in [0.15, 0.2) is 66.7 Å². The highest BCUT2D eigenvalue weighted by atomic mass is 35.5. The molecule has 1 N–H and O–H groups in total. The van der Waals surface area contributed by atoms with Gasteiger partial charge < -0.3 is 19.5 Å². The van der Waals surface area contributed by atoms with Crippen LogP contribution in [0.5, 0.6) is 5.75 Å². The standard InChI is InChI=1S/C33H36ClNO6/c34-16-8-1-2-9-18-39-20-21-40-19-17-35-29(36)22-25-14-15-28-30(33(25)41-23-24-10-4-3-5-11-24)32(38)27-13-7-6-12-26(27)31(28)37/h3-7,10-15H,1-2,8-9,16-23H2,(H,35,36). The molecule has 3 aromatic carbocycles. The molecule has 0 atom stereocenters. The Morgan fingerprint density at radius 2 is 1.39 bits per heavy atom. The second-order valence-electron chi connectivity index (χ2n) is 9.81. The minimum absolute atomic E-state index is 0.00660. The highest BCUT2D eigenvalue weighted by Crippen LogP contribution is 2.36. The average molecular weight is 578 g/mol. The van der Waals surface area contributed by atoms with Crippen molar-refractivity contribution in [2.45, 2.75) is 38.7 Å². The van der Waals surface area contributed by atoms with Crippen LogP contribution in [0, 0.1) is 0 Å². The third-order valence-electron chi connectivity index (χ3n) is 6.82. The predicted octanol–water partition coefficient (Wildman–Crippen LogP) is 5.53. The second-order valence-corrected chi connectivity index (χ2v) is 10.2. The Balaban J connectivity index is 1.34. The monoisotopic (exact) mass is 577 g/mol. The molecule has 1 aliphatic rings. The molecule has 0 heterocycles. The zero-order valence-electron chi connectivity index (χ0n) is 23.2. The molecule has 0 saturated carbocycles. The van der Waals surface area contributed by atoms with Crippen LogP contribution in [0.4, 0.5) is 0 Å². The maximum absolute atomic E-state index is 13.6. The van der Waals surface area contributed by atoms with Crippen molar-refractivity contribution in [1.82, 2.24) is 5.32 Å². The Hall–Kier alpha value is -3.52.